The van der Waals surface area contributed by atoms with Gasteiger partial charge in [0.15, 0.2) is 6.10 Å². The number of amides is 4. The van der Waals surface area contributed by atoms with Crippen LogP contribution in [0.4, 0.5) is 9.59 Å². The molecule has 0 saturated carbocycles. The third kappa shape index (κ3) is 4.09. The third-order valence-corrected chi connectivity index (χ3v) is 4.31. The summed E-state index contributed by atoms with van der Waals surface area (Å²) in [6.07, 6.45) is -1.72. The van der Waals surface area contributed by atoms with Gasteiger partial charge < -0.3 is 20.1 Å². The second kappa shape index (κ2) is 8.04. The van der Waals surface area contributed by atoms with Crippen LogP contribution in [-0.4, -0.2) is 48.8 Å². The van der Waals surface area contributed by atoms with Gasteiger partial charge in [-0.2, -0.15) is 5.26 Å². The summed E-state index contributed by atoms with van der Waals surface area (Å²) in [4.78, 5) is 36.3. The highest BCUT2D eigenvalue weighted by molar-refractivity contribution is 5.80. The van der Waals surface area contributed by atoms with Crippen molar-refractivity contribution in [3.63, 3.8) is 0 Å². The van der Waals surface area contributed by atoms with Gasteiger partial charge in [-0.3, -0.25) is 4.79 Å². The normalized spacial score (nSPS) is 19.1. The Bertz CT molecular complexity index is 832. The minimum atomic E-state index is -1.05. The molecule has 2 atom stereocenters. The van der Waals surface area contributed by atoms with Crippen molar-refractivity contribution < 1.29 is 23.9 Å². The Labute approximate surface area is 162 Å². The van der Waals surface area contributed by atoms with Crippen molar-refractivity contribution in [2.75, 3.05) is 14.1 Å². The molecule has 0 aliphatic carbocycles. The van der Waals surface area contributed by atoms with Crippen LogP contribution in [0.25, 0.3) is 0 Å². The van der Waals surface area contributed by atoms with Crippen molar-refractivity contribution in [3.8, 4) is 11.8 Å². The van der Waals surface area contributed by atoms with Gasteiger partial charge in [-0.25, -0.2) is 20.0 Å². The highest BCUT2D eigenvalue weighted by Crippen LogP contribution is 2.44. The Hall–Kier alpha value is -3.48. The summed E-state index contributed by atoms with van der Waals surface area (Å²) < 4.78 is 11.5. The molecule has 150 valence electrons. The number of urea groups is 1. The average molecular weight is 389 g/mol. The summed E-state index contributed by atoms with van der Waals surface area (Å²) in [7, 11) is 2.81. The van der Waals surface area contributed by atoms with Crippen LogP contribution in [0.3, 0.4) is 0 Å². The van der Waals surface area contributed by atoms with E-state index < -0.39 is 35.8 Å². The number of benzene rings is 1. The molecular weight excluding hydrogens is 366 g/mol. The zero-order valence-electron chi connectivity index (χ0n) is 16.3. The average Bonchev–Trinajstić information content (AvgIpc) is 2.65. The summed E-state index contributed by atoms with van der Waals surface area (Å²) in [5, 5.41) is 15.1. The maximum absolute atomic E-state index is 12.4. The van der Waals surface area contributed by atoms with Gasteiger partial charge in [0.05, 0.1) is 11.6 Å². The fourth-order valence-electron chi connectivity index (χ4n) is 2.99. The zero-order chi connectivity index (χ0) is 21.1. The molecule has 1 aliphatic rings. The van der Waals surface area contributed by atoms with Gasteiger partial charge in [-0.15, -0.1) is 0 Å². The second-order valence-corrected chi connectivity index (χ2v) is 6.67. The van der Waals surface area contributed by atoms with E-state index in [1.54, 1.807) is 26.0 Å². The predicted molar refractivity (Wildman–Crippen MR) is 98.0 cm³/mol. The lowest BCUT2D eigenvalue weighted by Gasteiger charge is -2.47. The predicted octanol–water partition coefficient (Wildman–Crippen LogP) is 1.19. The Morgan fingerprint density at radius 3 is 2.46 bits per heavy atom. The van der Waals surface area contributed by atoms with Crippen LogP contribution in [0.5, 0.6) is 5.75 Å². The molecule has 1 aromatic carbocycles. The number of rotatable bonds is 2. The van der Waals surface area contributed by atoms with Crippen LogP contribution >= 0.6 is 0 Å². The van der Waals surface area contributed by atoms with Crippen LogP contribution in [0.15, 0.2) is 18.2 Å². The van der Waals surface area contributed by atoms with Gasteiger partial charge in [0.1, 0.15) is 17.4 Å². The molecular formula is C18H23N5O5. The molecule has 0 radical (unpaired) electrons. The van der Waals surface area contributed by atoms with E-state index in [0.29, 0.717) is 16.9 Å². The molecule has 0 bridgehead atoms. The third-order valence-electron chi connectivity index (χ3n) is 4.31. The zero-order valence-corrected chi connectivity index (χ0v) is 16.3. The van der Waals surface area contributed by atoms with E-state index >= 15 is 0 Å². The highest BCUT2D eigenvalue weighted by atomic mass is 16.6. The number of carbonyl (C=O) groups excluding carboxylic acids is 3. The summed E-state index contributed by atoms with van der Waals surface area (Å²) >= 11 is 0. The smallest absolute Gasteiger partial charge is 0.407 e. The fraction of sp³-hybridized carbons (Fsp3) is 0.444. The molecule has 0 fully saturated rings. The molecule has 1 aliphatic heterocycles. The van der Waals surface area contributed by atoms with E-state index in [1.807, 2.05) is 6.07 Å². The molecule has 3 N–H and O–H groups in total. The molecule has 10 nitrogen and oxygen atoms in total. The molecule has 28 heavy (non-hydrogen) atoms. The maximum atomic E-state index is 12.4. The number of nitriles is 1. The SMILES string of the molecule is CNC(=O)NN(C(C)=O)[C@H]1c2cc(C#N)ccc2OC(C)(C)[C@@H]1OC(=O)NC. The quantitative estimate of drug-likeness (QED) is 0.651. The number of nitrogens with one attached hydrogen (secondary N) is 3. The molecule has 1 aromatic rings. The Kier molecular flexibility index (Phi) is 5.98. The lowest BCUT2D eigenvalue weighted by Crippen LogP contribution is -2.61. The van der Waals surface area contributed by atoms with Crippen LogP contribution in [0.1, 0.15) is 37.9 Å². The van der Waals surface area contributed by atoms with Crippen LogP contribution in [0, 0.1) is 11.3 Å². The van der Waals surface area contributed by atoms with E-state index in [4.69, 9.17) is 9.47 Å². The Morgan fingerprint density at radius 2 is 1.93 bits per heavy atom. The second-order valence-electron chi connectivity index (χ2n) is 6.67. The van der Waals surface area contributed by atoms with Gasteiger partial charge in [-0.1, -0.05) is 0 Å². The summed E-state index contributed by atoms with van der Waals surface area (Å²) in [5.41, 5.74) is 2.17. The van der Waals surface area contributed by atoms with E-state index in [2.05, 4.69) is 16.1 Å². The van der Waals surface area contributed by atoms with Gasteiger partial charge in [0, 0.05) is 26.6 Å². The Morgan fingerprint density at radius 1 is 1.25 bits per heavy atom. The lowest BCUT2D eigenvalue weighted by molar-refractivity contribution is -0.147. The lowest BCUT2D eigenvalue weighted by atomic mass is 9.85. The standard InChI is InChI=1S/C18H23N5O5/c1-10(24)23(22-16(25)20-4)14-12-8-11(9-19)6-7-13(12)28-18(2,3)15(14)27-17(26)21-5/h6-8,14-15H,1-5H3,(H,21,26)(H2,20,22,25)/t14-,15+/m0/s1. The molecule has 1 heterocycles. The number of nitrogens with zero attached hydrogens (tertiary/aromatic N) is 2. The maximum Gasteiger partial charge on any atom is 0.407 e. The number of ether oxygens (including phenoxy) is 2. The van der Waals surface area contributed by atoms with Gasteiger partial charge >= 0.3 is 12.1 Å². The first kappa shape index (κ1) is 20.8. The molecule has 0 aromatic heterocycles. The van der Waals surface area contributed by atoms with E-state index in [0.717, 1.165) is 5.01 Å². The number of hydrazine groups is 1. The minimum absolute atomic E-state index is 0.328. The highest BCUT2D eigenvalue weighted by Gasteiger charge is 2.50. The van der Waals surface area contributed by atoms with Crippen molar-refractivity contribution >= 4 is 18.0 Å². The van der Waals surface area contributed by atoms with Gasteiger partial charge in [-0.05, 0) is 32.0 Å². The fourth-order valence-corrected chi connectivity index (χ4v) is 2.99. The van der Waals surface area contributed by atoms with E-state index in [1.165, 1.54) is 27.1 Å². The molecule has 0 spiro atoms. The molecule has 2 rings (SSSR count). The van der Waals surface area contributed by atoms with Crippen LogP contribution in [-0.2, 0) is 9.53 Å². The number of hydrogen-bond donors (Lipinski definition) is 3. The topological polar surface area (TPSA) is 133 Å². The number of hydrogen-bond acceptors (Lipinski definition) is 6. The number of fused-ring (bicyclic) bond motifs is 1. The van der Waals surface area contributed by atoms with Crippen LogP contribution < -0.4 is 20.8 Å². The summed E-state index contributed by atoms with van der Waals surface area (Å²) in [6, 6.07) is 5.19. The van der Waals surface area contributed by atoms with Gasteiger partial charge in [0.2, 0.25) is 5.91 Å². The Balaban J connectivity index is 2.67. The number of alkyl carbamates (subject to hydrolysis) is 1. The minimum Gasteiger partial charge on any atom is -0.484 e. The largest absolute Gasteiger partial charge is 0.484 e. The van der Waals surface area contributed by atoms with Gasteiger partial charge in [0.25, 0.3) is 0 Å². The summed E-state index contributed by atoms with van der Waals surface area (Å²) in [6.45, 7) is 4.67. The monoisotopic (exact) mass is 389 g/mol. The molecule has 10 heteroatoms. The van der Waals surface area contributed by atoms with E-state index in [9.17, 15) is 19.6 Å². The van der Waals surface area contributed by atoms with Crippen molar-refractivity contribution in [2.24, 2.45) is 0 Å². The first-order chi connectivity index (χ1) is 13.1. The molecule has 0 unspecified atom stereocenters. The van der Waals surface area contributed by atoms with Crippen molar-refractivity contribution in [3.05, 3.63) is 29.3 Å². The van der Waals surface area contributed by atoms with Crippen LogP contribution in [0.2, 0.25) is 0 Å². The molecule has 0 saturated heterocycles. The van der Waals surface area contributed by atoms with E-state index in [-0.39, 0.29) is 0 Å². The first-order valence-corrected chi connectivity index (χ1v) is 8.54. The van der Waals surface area contributed by atoms with Crippen molar-refractivity contribution in [1.82, 2.24) is 21.1 Å². The van der Waals surface area contributed by atoms with Crippen molar-refractivity contribution in [1.29, 1.82) is 5.26 Å². The van der Waals surface area contributed by atoms with Crippen molar-refractivity contribution in [2.45, 2.75) is 38.5 Å². The first-order valence-electron chi connectivity index (χ1n) is 8.54. The number of carbonyl (C=O) groups is 3. The molecule has 4 amide bonds. The summed E-state index contributed by atoms with van der Waals surface area (Å²) in [5.74, 6) is -0.0826.